The quantitative estimate of drug-likeness (QED) is 0.596. The number of esters is 2. The van der Waals surface area contributed by atoms with Crippen molar-refractivity contribution in [2.24, 2.45) is 0 Å². The Morgan fingerprint density at radius 3 is 1.83 bits per heavy atom. The van der Waals surface area contributed by atoms with E-state index in [4.69, 9.17) is 14.2 Å². The lowest BCUT2D eigenvalue weighted by atomic mass is 10.1. The number of nitrogens with zero attached hydrogens (tertiary/aromatic N) is 1. The van der Waals surface area contributed by atoms with Crippen LogP contribution >= 0.6 is 23.5 Å². The molecule has 0 radical (unpaired) electrons. The summed E-state index contributed by atoms with van der Waals surface area (Å²) in [6.07, 6.45) is 0. The first-order valence-corrected chi connectivity index (χ1v) is 8.24. The van der Waals surface area contributed by atoms with Crippen molar-refractivity contribution in [1.29, 1.82) is 5.26 Å². The van der Waals surface area contributed by atoms with Crippen LogP contribution in [0.5, 0.6) is 5.75 Å². The molecular weight excluding hydrogens is 350 g/mol. The van der Waals surface area contributed by atoms with Gasteiger partial charge in [0.25, 0.3) is 0 Å². The molecule has 1 heterocycles. The van der Waals surface area contributed by atoms with Crippen molar-refractivity contribution < 1.29 is 23.8 Å². The number of hydrogen-bond acceptors (Lipinski definition) is 8. The Hall–Kier alpha value is -2.37. The van der Waals surface area contributed by atoms with Crippen LogP contribution in [0.15, 0.2) is 38.3 Å². The number of benzene rings is 1. The highest BCUT2D eigenvalue weighted by atomic mass is 32.2. The van der Waals surface area contributed by atoms with Gasteiger partial charge in [-0.3, -0.25) is 0 Å². The van der Waals surface area contributed by atoms with E-state index in [2.05, 4.69) is 6.07 Å². The highest BCUT2D eigenvalue weighted by Gasteiger charge is 2.34. The summed E-state index contributed by atoms with van der Waals surface area (Å²) in [5, 5.41) is 9.51. The van der Waals surface area contributed by atoms with Gasteiger partial charge in [0, 0.05) is 0 Å². The molecule has 0 N–H and O–H groups in total. The summed E-state index contributed by atoms with van der Waals surface area (Å²) >= 11 is 2.05. The molecule has 124 valence electrons. The summed E-state index contributed by atoms with van der Waals surface area (Å²) in [4.78, 5) is 24.0. The van der Waals surface area contributed by atoms with E-state index in [1.165, 1.54) is 14.2 Å². The minimum Gasteiger partial charge on any atom is -0.497 e. The molecule has 0 spiro atoms. The first kappa shape index (κ1) is 18.0. The van der Waals surface area contributed by atoms with Crippen molar-refractivity contribution in [2.75, 3.05) is 21.3 Å². The zero-order valence-corrected chi connectivity index (χ0v) is 14.7. The van der Waals surface area contributed by atoms with Gasteiger partial charge in [0.2, 0.25) is 0 Å². The van der Waals surface area contributed by atoms with E-state index in [0.29, 0.717) is 21.1 Å². The Morgan fingerprint density at radius 1 is 0.958 bits per heavy atom. The van der Waals surface area contributed by atoms with Crippen LogP contribution in [-0.4, -0.2) is 33.3 Å². The highest BCUT2D eigenvalue weighted by molar-refractivity contribution is 8.29. The summed E-state index contributed by atoms with van der Waals surface area (Å²) in [6.45, 7) is 0. The molecule has 0 saturated heterocycles. The molecule has 1 aromatic carbocycles. The molecule has 1 aromatic rings. The SMILES string of the molecule is COC(=O)C1=C(C(=O)OC)SC(=C(C#N)c2ccc(OC)cc2)S1. The third-order valence-corrected chi connectivity index (χ3v) is 5.59. The fraction of sp³-hybridized carbons (Fsp3) is 0.188. The Morgan fingerprint density at radius 2 is 1.46 bits per heavy atom. The van der Waals surface area contributed by atoms with Crippen LogP contribution in [0.25, 0.3) is 5.57 Å². The Bertz CT molecular complexity index is 745. The van der Waals surface area contributed by atoms with E-state index in [1.807, 2.05) is 0 Å². The van der Waals surface area contributed by atoms with E-state index >= 15 is 0 Å². The van der Waals surface area contributed by atoms with Crippen LogP contribution in [-0.2, 0) is 19.1 Å². The molecule has 0 aromatic heterocycles. The van der Waals surface area contributed by atoms with Crippen molar-refractivity contribution in [3.05, 3.63) is 43.9 Å². The summed E-state index contributed by atoms with van der Waals surface area (Å²) in [6, 6.07) is 9.05. The van der Waals surface area contributed by atoms with Crippen LogP contribution in [0.1, 0.15) is 5.56 Å². The number of carbonyl (C=O) groups excluding carboxylic acids is 2. The predicted octanol–water partition coefficient (Wildman–Crippen LogP) is 2.92. The van der Waals surface area contributed by atoms with Gasteiger partial charge in [-0.1, -0.05) is 23.5 Å². The second kappa shape index (κ2) is 7.95. The van der Waals surface area contributed by atoms with Gasteiger partial charge in [0.15, 0.2) is 0 Å². The molecule has 24 heavy (non-hydrogen) atoms. The maximum Gasteiger partial charge on any atom is 0.346 e. The normalized spacial score (nSPS) is 13.3. The minimum absolute atomic E-state index is 0.116. The van der Waals surface area contributed by atoms with Gasteiger partial charge >= 0.3 is 11.9 Å². The van der Waals surface area contributed by atoms with Gasteiger partial charge in [-0.05, 0) is 29.8 Å². The van der Waals surface area contributed by atoms with Gasteiger partial charge in [-0.2, -0.15) is 5.26 Å². The lowest BCUT2D eigenvalue weighted by Crippen LogP contribution is -2.08. The topological polar surface area (TPSA) is 85.6 Å². The van der Waals surface area contributed by atoms with Crippen LogP contribution < -0.4 is 4.74 Å². The average Bonchev–Trinajstić information content (AvgIpc) is 3.06. The number of allylic oxidation sites excluding steroid dienone is 1. The van der Waals surface area contributed by atoms with Crippen LogP contribution in [0.4, 0.5) is 0 Å². The molecule has 0 amide bonds. The number of rotatable bonds is 4. The largest absolute Gasteiger partial charge is 0.497 e. The van der Waals surface area contributed by atoms with Gasteiger partial charge in [-0.25, -0.2) is 9.59 Å². The maximum atomic E-state index is 11.9. The molecule has 2 rings (SSSR count). The monoisotopic (exact) mass is 363 g/mol. The molecule has 6 nitrogen and oxygen atoms in total. The fourth-order valence-corrected chi connectivity index (χ4v) is 4.34. The summed E-state index contributed by atoms with van der Waals surface area (Å²) in [5.41, 5.74) is 1.01. The second-order valence-electron chi connectivity index (χ2n) is 4.35. The summed E-state index contributed by atoms with van der Waals surface area (Å²) < 4.78 is 15.0. The van der Waals surface area contributed by atoms with E-state index < -0.39 is 11.9 Å². The Kier molecular flexibility index (Phi) is 5.95. The van der Waals surface area contributed by atoms with E-state index in [1.54, 1.807) is 31.4 Å². The lowest BCUT2D eigenvalue weighted by molar-refractivity contribution is -0.138. The predicted molar refractivity (Wildman–Crippen MR) is 91.8 cm³/mol. The number of carbonyl (C=O) groups is 2. The molecule has 0 unspecified atom stereocenters. The van der Waals surface area contributed by atoms with E-state index in [9.17, 15) is 14.9 Å². The van der Waals surface area contributed by atoms with Crippen molar-refractivity contribution in [1.82, 2.24) is 0 Å². The zero-order chi connectivity index (χ0) is 17.7. The Balaban J connectivity index is 2.44. The smallest absolute Gasteiger partial charge is 0.346 e. The van der Waals surface area contributed by atoms with Gasteiger partial charge in [-0.15, -0.1) is 0 Å². The van der Waals surface area contributed by atoms with Gasteiger partial charge in [0.1, 0.15) is 21.6 Å². The number of thioether (sulfide) groups is 2. The second-order valence-corrected chi connectivity index (χ2v) is 6.65. The molecule has 0 fully saturated rings. The summed E-state index contributed by atoms with van der Waals surface area (Å²) in [7, 11) is 4.01. The average molecular weight is 363 g/mol. The molecule has 0 atom stereocenters. The van der Waals surface area contributed by atoms with Crippen LogP contribution in [0, 0.1) is 11.3 Å². The van der Waals surface area contributed by atoms with Crippen molar-refractivity contribution >= 4 is 41.0 Å². The first-order chi connectivity index (χ1) is 11.5. The standard InChI is InChI=1S/C16H13NO5S2/c1-20-10-6-4-9(5-7-10)11(8-17)16-23-12(14(18)21-2)13(24-16)15(19)22-3/h4-7H,1-3H3. The van der Waals surface area contributed by atoms with Crippen molar-refractivity contribution in [3.8, 4) is 11.8 Å². The summed E-state index contributed by atoms with van der Waals surface area (Å²) in [5.74, 6) is -0.624. The van der Waals surface area contributed by atoms with Crippen molar-refractivity contribution in [2.45, 2.75) is 0 Å². The van der Waals surface area contributed by atoms with Gasteiger partial charge in [0.05, 0.1) is 31.1 Å². The zero-order valence-electron chi connectivity index (χ0n) is 13.1. The van der Waals surface area contributed by atoms with Crippen LogP contribution in [0.2, 0.25) is 0 Å². The molecule has 0 bridgehead atoms. The number of hydrogen-bond donors (Lipinski definition) is 0. The van der Waals surface area contributed by atoms with E-state index in [0.717, 1.165) is 23.5 Å². The van der Waals surface area contributed by atoms with Crippen LogP contribution in [0.3, 0.4) is 0 Å². The third-order valence-electron chi connectivity index (χ3n) is 3.03. The molecule has 8 heteroatoms. The van der Waals surface area contributed by atoms with E-state index in [-0.39, 0.29) is 9.81 Å². The van der Waals surface area contributed by atoms with Gasteiger partial charge < -0.3 is 14.2 Å². The first-order valence-electron chi connectivity index (χ1n) is 6.61. The molecular formula is C16H13NO5S2. The third kappa shape index (κ3) is 3.58. The molecule has 0 aliphatic carbocycles. The number of ether oxygens (including phenoxy) is 3. The highest BCUT2D eigenvalue weighted by Crippen LogP contribution is 2.52. The Labute approximate surface area is 147 Å². The minimum atomic E-state index is -0.644. The number of nitriles is 1. The fourth-order valence-electron chi connectivity index (χ4n) is 1.84. The molecule has 0 saturated carbocycles. The molecule has 1 aliphatic heterocycles. The number of methoxy groups -OCH3 is 3. The van der Waals surface area contributed by atoms with Crippen molar-refractivity contribution in [3.63, 3.8) is 0 Å². The maximum absolute atomic E-state index is 11.9. The molecule has 1 aliphatic rings. The lowest BCUT2D eigenvalue weighted by Gasteiger charge is -2.05.